The molecule has 1 aliphatic rings. The minimum atomic E-state index is -0.0655. The van der Waals surface area contributed by atoms with E-state index in [1.54, 1.807) is 6.20 Å². The van der Waals surface area contributed by atoms with Gasteiger partial charge in [0.1, 0.15) is 5.82 Å². The average Bonchev–Trinajstić information content (AvgIpc) is 2.57. The second-order valence-corrected chi connectivity index (χ2v) is 5.89. The first kappa shape index (κ1) is 17.7. The number of hydrogen-bond acceptors (Lipinski definition) is 4. The number of nitrogens with zero attached hydrogens (tertiary/aromatic N) is 3. The number of pyridine rings is 1. The second-order valence-electron chi connectivity index (χ2n) is 5.89. The van der Waals surface area contributed by atoms with Gasteiger partial charge >= 0.3 is 6.03 Å². The van der Waals surface area contributed by atoms with Crippen LogP contribution in [0.3, 0.4) is 0 Å². The van der Waals surface area contributed by atoms with Gasteiger partial charge in [-0.2, -0.15) is 0 Å². The zero-order valence-corrected chi connectivity index (χ0v) is 14.4. The molecule has 1 unspecified atom stereocenters. The molecule has 0 spiro atoms. The number of hydrogen-bond donors (Lipinski definition) is 1. The number of aryl methyl sites for hydroxylation is 1. The Bertz CT molecular complexity index is 492. The van der Waals surface area contributed by atoms with Crippen molar-refractivity contribution >= 4 is 11.8 Å². The minimum absolute atomic E-state index is 0.0655. The van der Waals surface area contributed by atoms with Crippen molar-refractivity contribution in [3.8, 4) is 0 Å². The van der Waals surface area contributed by atoms with Crippen molar-refractivity contribution in [3.05, 3.63) is 23.9 Å². The molecule has 1 saturated heterocycles. The van der Waals surface area contributed by atoms with Gasteiger partial charge in [-0.15, -0.1) is 0 Å². The Morgan fingerprint density at radius 3 is 2.87 bits per heavy atom. The van der Waals surface area contributed by atoms with Crippen LogP contribution in [0.1, 0.15) is 25.8 Å². The maximum atomic E-state index is 12.4. The highest BCUT2D eigenvalue weighted by Gasteiger charge is 2.28. The molecule has 2 amide bonds. The first-order valence-corrected chi connectivity index (χ1v) is 8.44. The highest BCUT2D eigenvalue weighted by molar-refractivity contribution is 5.88. The standard InChI is InChI=1S/C17H28N4O2/c1-4-15-13-21(9-8-20(15)10-11-23-5-2)17(22)19-16-7-6-14(3)12-18-16/h6-7,12,15H,4-5,8-11,13H2,1-3H3,(H,18,19,22). The van der Waals surface area contributed by atoms with Crippen LogP contribution in [0.5, 0.6) is 0 Å². The summed E-state index contributed by atoms with van der Waals surface area (Å²) in [4.78, 5) is 20.9. The number of piperazine rings is 1. The summed E-state index contributed by atoms with van der Waals surface area (Å²) in [6.07, 6.45) is 2.79. The fourth-order valence-electron chi connectivity index (χ4n) is 2.82. The Morgan fingerprint density at radius 1 is 1.39 bits per heavy atom. The van der Waals surface area contributed by atoms with Gasteiger partial charge in [0.05, 0.1) is 6.61 Å². The van der Waals surface area contributed by atoms with Gasteiger partial charge in [0.2, 0.25) is 0 Å². The zero-order valence-electron chi connectivity index (χ0n) is 14.4. The van der Waals surface area contributed by atoms with Crippen LogP contribution in [-0.4, -0.2) is 66.2 Å². The van der Waals surface area contributed by atoms with Crippen LogP contribution in [-0.2, 0) is 4.74 Å². The summed E-state index contributed by atoms with van der Waals surface area (Å²) in [6, 6.07) is 4.11. The van der Waals surface area contributed by atoms with Gasteiger partial charge in [-0.3, -0.25) is 10.2 Å². The first-order valence-electron chi connectivity index (χ1n) is 8.44. The molecule has 2 heterocycles. The van der Waals surface area contributed by atoms with E-state index >= 15 is 0 Å². The SMILES string of the molecule is CCOCCN1CCN(C(=O)Nc2ccc(C)cn2)CC1CC. The Kier molecular flexibility index (Phi) is 6.80. The summed E-state index contributed by atoms with van der Waals surface area (Å²) in [5.41, 5.74) is 1.08. The zero-order chi connectivity index (χ0) is 16.7. The van der Waals surface area contributed by atoms with E-state index in [1.165, 1.54) is 0 Å². The third kappa shape index (κ3) is 5.18. The lowest BCUT2D eigenvalue weighted by molar-refractivity contribution is 0.0545. The predicted octanol–water partition coefficient (Wildman–Crippen LogP) is 2.35. The highest BCUT2D eigenvalue weighted by Crippen LogP contribution is 2.14. The third-order valence-electron chi connectivity index (χ3n) is 4.24. The second kappa shape index (κ2) is 8.84. The molecule has 0 bridgehead atoms. The molecular weight excluding hydrogens is 292 g/mol. The molecule has 0 radical (unpaired) electrons. The van der Waals surface area contributed by atoms with E-state index in [0.29, 0.717) is 11.9 Å². The summed E-state index contributed by atoms with van der Waals surface area (Å²) in [7, 11) is 0. The number of carbonyl (C=O) groups excluding carboxylic acids is 1. The average molecular weight is 320 g/mol. The van der Waals surface area contributed by atoms with E-state index < -0.39 is 0 Å². The third-order valence-corrected chi connectivity index (χ3v) is 4.24. The molecule has 6 nitrogen and oxygen atoms in total. The largest absolute Gasteiger partial charge is 0.380 e. The maximum Gasteiger partial charge on any atom is 0.323 e. The summed E-state index contributed by atoms with van der Waals surface area (Å²) >= 11 is 0. The van der Waals surface area contributed by atoms with Crippen molar-refractivity contribution in [1.82, 2.24) is 14.8 Å². The van der Waals surface area contributed by atoms with Gasteiger partial charge < -0.3 is 9.64 Å². The van der Waals surface area contributed by atoms with Gasteiger partial charge in [-0.1, -0.05) is 13.0 Å². The number of urea groups is 1. The van der Waals surface area contributed by atoms with Gasteiger partial charge in [-0.05, 0) is 31.9 Å². The minimum Gasteiger partial charge on any atom is -0.380 e. The van der Waals surface area contributed by atoms with Gasteiger partial charge in [0.15, 0.2) is 0 Å². The van der Waals surface area contributed by atoms with E-state index in [0.717, 1.165) is 51.4 Å². The molecule has 1 atom stereocenters. The summed E-state index contributed by atoms with van der Waals surface area (Å²) in [6.45, 7) is 11.0. The molecule has 0 aromatic carbocycles. The van der Waals surface area contributed by atoms with Gasteiger partial charge in [0, 0.05) is 45.0 Å². The summed E-state index contributed by atoms with van der Waals surface area (Å²) in [5.74, 6) is 0.604. The van der Waals surface area contributed by atoms with Crippen LogP contribution in [0, 0.1) is 6.92 Å². The van der Waals surface area contributed by atoms with Crippen molar-refractivity contribution < 1.29 is 9.53 Å². The maximum absolute atomic E-state index is 12.4. The van der Waals surface area contributed by atoms with E-state index in [4.69, 9.17) is 4.74 Å². The Hall–Kier alpha value is -1.66. The van der Waals surface area contributed by atoms with Gasteiger partial charge in [-0.25, -0.2) is 9.78 Å². The topological polar surface area (TPSA) is 57.7 Å². The predicted molar refractivity (Wildman–Crippen MR) is 91.7 cm³/mol. The fourth-order valence-corrected chi connectivity index (χ4v) is 2.82. The van der Waals surface area contributed by atoms with E-state index in [1.807, 2.05) is 30.9 Å². The van der Waals surface area contributed by atoms with Crippen LogP contribution >= 0.6 is 0 Å². The van der Waals surface area contributed by atoms with Crippen molar-refractivity contribution in [1.29, 1.82) is 0 Å². The molecular formula is C17H28N4O2. The van der Waals surface area contributed by atoms with E-state index in [9.17, 15) is 4.79 Å². The van der Waals surface area contributed by atoms with Crippen molar-refractivity contribution in [2.75, 3.05) is 44.7 Å². The monoisotopic (exact) mass is 320 g/mol. The normalized spacial score (nSPS) is 18.9. The van der Waals surface area contributed by atoms with Crippen LogP contribution in [0.25, 0.3) is 0 Å². The van der Waals surface area contributed by atoms with Crippen molar-refractivity contribution in [2.24, 2.45) is 0 Å². The van der Waals surface area contributed by atoms with Crippen molar-refractivity contribution in [2.45, 2.75) is 33.2 Å². The van der Waals surface area contributed by atoms with Crippen LogP contribution in [0.4, 0.5) is 10.6 Å². The molecule has 1 fully saturated rings. The Labute approximate surface area is 138 Å². The molecule has 128 valence electrons. The van der Waals surface area contributed by atoms with Gasteiger partial charge in [0.25, 0.3) is 0 Å². The Balaban J connectivity index is 1.86. The summed E-state index contributed by atoms with van der Waals surface area (Å²) in [5, 5.41) is 2.88. The van der Waals surface area contributed by atoms with Crippen LogP contribution in [0.2, 0.25) is 0 Å². The molecule has 1 aromatic rings. The lowest BCUT2D eigenvalue weighted by atomic mass is 10.1. The van der Waals surface area contributed by atoms with E-state index in [-0.39, 0.29) is 6.03 Å². The van der Waals surface area contributed by atoms with Crippen molar-refractivity contribution in [3.63, 3.8) is 0 Å². The smallest absolute Gasteiger partial charge is 0.323 e. The molecule has 0 aliphatic carbocycles. The molecule has 23 heavy (non-hydrogen) atoms. The lowest BCUT2D eigenvalue weighted by Crippen LogP contribution is -2.56. The quantitative estimate of drug-likeness (QED) is 0.818. The van der Waals surface area contributed by atoms with Crippen LogP contribution < -0.4 is 5.32 Å². The first-order chi connectivity index (χ1) is 11.1. The number of rotatable bonds is 6. The number of carbonyl (C=O) groups is 1. The molecule has 1 aliphatic heterocycles. The number of anilines is 1. The number of aromatic nitrogens is 1. The molecule has 6 heteroatoms. The number of nitrogens with one attached hydrogen (secondary N) is 1. The number of ether oxygens (including phenoxy) is 1. The Morgan fingerprint density at radius 2 is 2.22 bits per heavy atom. The fraction of sp³-hybridized carbons (Fsp3) is 0.647. The number of amides is 2. The van der Waals surface area contributed by atoms with Crippen LogP contribution in [0.15, 0.2) is 18.3 Å². The molecule has 2 rings (SSSR count). The highest BCUT2D eigenvalue weighted by atomic mass is 16.5. The molecule has 1 N–H and O–H groups in total. The molecule has 0 saturated carbocycles. The van der Waals surface area contributed by atoms with E-state index in [2.05, 4.69) is 22.1 Å². The summed E-state index contributed by atoms with van der Waals surface area (Å²) < 4.78 is 5.45. The lowest BCUT2D eigenvalue weighted by Gasteiger charge is -2.41. The molecule has 1 aromatic heterocycles.